The Hall–Kier alpha value is -2.29. The quantitative estimate of drug-likeness (QED) is 0.800. The molecule has 2 aromatic heterocycles. The highest BCUT2D eigenvalue weighted by Gasteiger charge is 2.12. The minimum Gasteiger partial charge on any atom is -0.476 e. The van der Waals surface area contributed by atoms with Crippen LogP contribution in [0.3, 0.4) is 0 Å². The first-order valence-corrected chi connectivity index (χ1v) is 5.76. The molecule has 0 bridgehead atoms. The molecule has 1 amide bonds. The third kappa shape index (κ3) is 2.69. The molecule has 8 nitrogen and oxygen atoms in total. The van der Waals surface area contributed by atoms with E-state index in [1.54, 1.807) is 7.05 Å². The Labute approximate surface area is 105 Å². The Morgan fingerprint density at radius 3 is 2.83 bits per heavy atom. The van der Waals surface area contributed by atoms with E-state index in [4.69, 9.17) is 5.11 Å². The van der Waals surface area contributed by atoms with E-state index in [9.17, 15) is 9.59 Å². The summed E-state index contributed by atoms with van der Waals surface area (Å²) >= 11 is 1.17. The van der Waals surface area contributed by atoms with Crippen molar-refractivity contribution in [2.24, 2.45) is 7.05 Å². The second-order valence-corrected chi connectivity index (χ2v) is 4.33. The number of nitrogens with one attached hydrogen (secondary N) is 1. The number of carboxylic acid groups (broad SMARTS) is 1. The summed E-state index contributed by atoms with van der Waals surface area (Å²) in [5, 5.41) is 20.5. The summed E-state index contributed by atoms with van der Waals surface area (Å²) in [6.45, 7) is 0.160. The molecule has 0 aromatic carbocycles. The van der Waals surface area contributed by atoms with E-state index in [2.05, 4.69) is 20.6 Å². The topological polar surface area (TPSA) is 110 Å². The number of nitrogens with zero attached hydrogens (tertiary/aromatic N) is 4. The van der Waals surface area contributed by atoms with Crippen LogP contribution in [0, 0.1) is 0 Å². The zero-order valence-corrected chi connectivity index (χ0v) is 10.1. The first-order chi connectivity index (χ1) is 8.56. The van der Waals surface area contributed by atoms with Gasteiger partial charge >= 0.3 is 5.97 Å². The standard InChI is InChI=1S/C9H9N5O3S/c1-14-3-5(12-13-14)8(15)10-2-7-11-6(4-18-7)9(16)17/h3-4H,2H2,1H3,(H,10,15)(H,16,17). The average Bonchev–Trinajstić information content (AvgIpc) is 2.94. The molecule has 0 saturated heterocycles. The van der Waals surface area contributed by atoms with Gasteiger partial charge in [0.1, 0.15) is 5.01 Å². The van der Waals surface area contributed by atoms with Crippen molar-refractivity contribution >= 4 is 23.2 Å². The molecule has 94 valence electrons. The highest BCUT2D eigenvalue weighted by Crippen LogP contribution is 2.09. The Balaban J connectivity index is 1.95. The molecule has 9 heteroatoms. The normalized spacial score (nSPS) is 10.3. The molecule has 0 atom stereocenters. The molecule has 0 unspecified atom stereocenters. The fraction of sp³-hybridized carbons (Fsp3) is 0.222. The Bertz CT molecular complexity index is 591. The van der Waals surface area contributed by atoms with Gasteiger partial charge in [-0.15, -0.1) is 16.4 Å². The Morgan fingerprint density at radius 2 is 2.28 bits per heavy atom. The van der Waals surface area contributed by atoms with Crippen molar-refractivity contribution < 1.29 is 14.7 Å². The number of hydrogen-bond acceptors (Lipinski definition) is 6. The number of rotatable bonds is 4. The van der Waals surface area contributed by atoms with Crippen molar-refractivity contribution in [1.29, 1.82) is 0 Å². The summed E-state index contributed by atoms with van der Waals surface area (Å²) in [6, 6.07) is 0. The zero-order valence-electron chi connectivity index (χ0n) is 9.32. The van der Waals surface area contributed by atoms with Gasteiger partial charge in [0.15, 0.2) is 11.4 Å². The fourth-order valence-corrected chi connectivity index (χ4v) is 1.90. The molecular weight excluding hydrogens is 258 g/mol. The number of thiazole rings is 1. The molecule has 2 N–H and O–H groups in total. The Kier molecular flexibility index (Phi) is 3.33. The van der Waals surface area contributed by atoms with Crippen molar-refractivity contribution in [3.8, 4) is 0 Å². The van der Waals surface area contributed by atoms with Crippen LogP contribution in [0.1, 0.15) is 26.0 Å². The SMILES string of the molecule is Cn1cc(C(=O)NCc2nc(C(=O)O)cs2)nn1. The molecule has 2 aromatic rings. The minimum atomic E-state index is -1.09. The van der Waals surface area contributed by atoms with Gasteiger partial charge in [0.25, 0.3) is 5.91 Å². The maximum absolute atomic E-state index is 11.6. The zero-order chi connectivity index (χ0) is 13.1. The summed E-state index contributed by atoms with van der Waals surface area (Å²) < 4.78 is 1.42. The molecular formula is C9H9N5O3S. The fourth-order valence-electron chi connectivity index (χ4n) is 1.19. The number of carbonyl (C=O) groups is 2. The molecule has 0 aliphatic carbocycles. The van der Waals surface area contributed by atoms with E-state index in [1.165, 1.54) is 27.6 Å². The molecule has 0 fully saturated rings. The van der Waals surface area contributed by atoms with Gasteiger partial charge in [0, 0.05) is 12.4 Å². The highest BCUT2D eigenvalue weighted by molar-refractivity contribution is 7.09. The first kappa shape index (κ1) is 12.2. The molecule has 0 radical (unpaired) electrons. The van der Waals surface area contributed by atoms with Crippen LogP contribution in [0.25, 0.3) is 0 Å². The van der Waals surface area contributed by atoms with Crippen LogP contribution in [0.5, 0.6) is 0 Å². The average molecular weight is 267 g/mol. The van der Waals surface area contributed by atoms with E-state index in [1.807, 2.05) is 0 Å². The Morgan fingerprint density at radius 1 is 1.50 bits per heavy atom. The van der Waals surface area contributed by atoms with Crippen LogP contribution < -0.4 is 5.32 Å². The molecule has 2 rings (SSSR count). The molecule has 0 saturated carbocycles. The smallest absolute Gasteiger partial charge is 0.355 e. The van der Waals surface area contributed by atoms with Crippen molar-refractivity contribution in [2.75, 3.05) is 0 Å². The van der Waals surface area contributed by atoms with Crippen LogP contribution in [0.15, 0.2) is 11.6 Å². The summed E-state index contributed by atoms with van der Waals surface area (Å²) in [6.07, 6.45) is 1.49. The van der Waals surface area contributed by atoms with E-state index >= 15 is 0 Å². The number of aromatic carboxylic acids is 1. The van der Waals surface area contributed by atoms with Crippen LogP contribution in [-0.4, -0.2) is 37.0 Å². The van der Waals surface area contributed by atoms with Gasteiger partial charge in [-0.3, -0.25) is 9.48 Å². The van der Waals surface area contributed by atoms with Gasteiger partial charge in [0.2, 0.25) is 0 Å². The first-order valence-electron chi connectivity index (χ1n) is 4.88. The van der Waals surface area contributed by atoms with Crippen molar-refractivity contribution in [1.82, 2.24) is 25.3 Å². The van der Waals surface area contributed by atoms with Crippen molar-refractivity contribution in [3.05, 3.63) is 28.0 Å². The van der Waals surface area contributed by atoms with Gasteiger partial charge in [-0.25, -0.2) is 9.78 Å². The minimum absolute atomic E-state index is 0.0243. The number of hydrogen-bond donors (Lipinski definition) is 2. The van der Waals surface area contributed by atoms with Gasteiger partial charge in [-0.05, 0) is 0 Å². The number of aromatic nitrogens is 4. The van der Waals surface area contributed by atoms with Gasteiger partial charge in [-0.2, -0.15) is 0 Å². The highest BCUT2D eigenvalue weighted by atomic mass is 32.1. The number of amides is 1. The van der Waals surface area contributed by atoms with E-state index in [0.29, 0.717) is 5.01 Å². The van der Waals surface area contributed by atoms with Crippen LogP contribution >= 0.6 is 11.3 Å². The lowest BCUT2D eigenvalue weighted by Crippen LogP contribution is -2.23. The second kappa shape index (κ2) is 4.92. The van der Waals surface area contributed by atoms with E-state index < -0.39 is 5.97 Å². The van der Waals surface area contributed by atoms with Gasteiger partial charge in [0.05, 0.1) is 12.7 Å². The number of carbonyl (C=O) groups excluding carboxylic acids is 1. The summed E-state index contributed by atoms with van der Waals surface area (Å²) in [7, 11) is 1.66. The maximum atomic E-state index is 11.6. The van der Waals surface area contributed by atoms with Gasteiger partial charge in [-0.1, -0.05) is 5.21 Å². The van der Waals surface area contributed by atoms with Crippen LogP contribution in [-0.2, 0) is 13.6 Å². The largest absolute Gasteiger partial charge is 0.476 e. The lowest BCUT2D eigenvalue weighted by molar-refractivity contribution is 0.0691. The maximum Gasteiger partial charge on any atom is 0.355 e. The molecule has 0 aliphatic rings. The summed E-state index contributed by atoms with van der Waals surface area (Å²) in [5.41, 5.74) is 0.177. The van der Waals surface area contributed by atoms with E-state index in [-0.39, 0.29) is 23.8 Å². The molecule has 18 heavy (non-hydrogen) atoms. The summed E-state index contributed by atoms with van der Waals surface area (Å²) in [5.74, 6) is -1.46. The molecule has 0 aliphatic heterocycles. The molecule has 0 spiro atoms. The number of carboxylic acids is 1. The monoisotopic (exact) mass is 267 g/mol. The third-order valence-electron chi connectivity index (χ3n) is 2.01. The van der Waals surface area contributed by atoms with E-state index in [0.717, 1.165) is 0 Å². The second-order valence-electron chi connectivity index (χ2n) is 3.39. The van der Waals surface area contributed by atoms with Gasteiger partial charge < -0.3 is 10.4 Å². The lowest BCUT2D eigenvalue weighted by atomic mass is 10.4. The van der Waals surface area contributed by atoms with Crippen LogP contribution in [0.2, 0.25) is 0 Å². The molecule has 2 heterocycles. The lowest BCUT2D eigenvalue weighted by Gasteiger charge is -1.98. The predicted molar refractivity (Wildman–Crippen MR) is 61.2 cm³/mol. The van der Waals surface area contributed by atoms with Crippen LogP contribution in [0.4, 0.5) is 0 Å². The van der Waals surface area contributed by atoms with Crippen molar-refractivity contribution in [2.45, 2.75) is 6.54 Å². The summed E-state index contributed by atoms with van der Waals surface area (Å²) in [4.78, 5) is 26.1. The third-order valence-corrected chi connectivity index (χ3v) is 2.86. The predicted octanol–water partition coefficient (Wildman–Crippen LogP) is -0.100. The van der Waals surface area contributed by atoms with Crippen molar-refractivity contribution in [3.63, 3.8) is 0 Å². The number of aryl methyl sites for hydroxylation is 1.